The predicted octanol–water partition coefficient (Wildman–Crippen LogP) is 3.00. The molecular weight excluding hydrogens is 302 g/mol. The molecule has 2 saturated carbocycles. The Hall–Kier alpha value is -1.55. The molecule has 1 aliphatic heterocycles. The van der Waals surface area contributed by atoms with Gasteiger partial charge < -0.3 is 14.4 Å². The summed E-state index contributed by atoms with van der Waals surface area (Å²) in [7, 11) is 3.49. The zero-order valence-corrected chi connectivity index (χ0v) is 14.7. The van der Waals surface area contributed by atoms with Gasteiger partial charge in [-0.3, -0.25) is 4.79 Å². The lowest BCUT2D eigenvalue weighted by molar-refractivity contribution is -0.133. The summed E-state index contributed by atoms with van der Waals surface area (Å²) in [5.74, 6) is 2.33. The lowest BCUT2D eigenvalue weighted by atomic mass is 9.79. The van der Waals surface area contributed by atoms with E-state index in [1.165, 1.54) is 12.8 Å². The van der Waals surface area contributed by atoms with E-state index in [-0.39, 0.29) is 5.41 Å². The van der Waals surface area contributed by atoms with Crippen LogP contribution in [0, 0.1) is 11.8 Å². The maximum absolute atomic E-state index is 13.3. The first-order chi connectivity index (χ1) is 11.7. The van der Waals surface area contributed by atoms with E-state index in [0.29, 0.717) is 23.8 Å². The number of rotatable bonds is 4. The van der Waals surface area contributed by atoms with Crippen molar-refractivity contribution in [2.24, 2.45) is 11.8 Å². The van der Waals surface area contributed by atoms with E-state index in [1.54, 1.807) is 7.11 Å². The van der Waals surface area contributed by atoms with Crippen LogP contribution in [0.1, 0.15) is 37.7 Å². The summed E-state index contributed by atoms with van der Waals surface area (Å²) in [5, 5.41) is 0. The average Bonchev–Trinajstić information content (AvgIpc) is 3.32. The van der Waals surface area contributed by atoms with Gasteiger partial charge in [0.1, 0.15) is 5.75 Å². The number of nitrogens with zero attached hydrogens (tertiary/aromatic N) is 1. The Morgan fingerprint density at radius 3 is 2.50 bits per heavy atom. The van der Waals surface area contributed by atoms with Crippen molar-refractivity contribution >= 4 is 5.91 Å². The van der Waals surface area contributed by atoms with Gasteiger partial charge in [0.2, 0.25) is 5.91 Å². The molecule has 1 saturated heterocycles. The number of ether oxygens (including phenoxy) is 2. The molecule has 0 radical (unpaired) electrons. The molecule has 3 aliphatic rings. The molecule has 1 amide bonds. The fourth-order valence-electron chi connectivity index (χ4n) is 4.84. The van der Waals surface area contributed by atoms with Crippen molar-refractivity contribution in [3.05, 3.63) is 29.8 Å². The van der Waals surface area contributed by atoms with Gasteiger partial charge in [-0.05, 0) is 49.3 Å². The zero-order chi connectivity index (χ0) is 16.7. The molecule has 4 nitrogen and oxygen atoms in total. The first-order valence-electron chi connectivity index (χ1n) is 9.14. The molecule has 0 spiro atoms. The molecule has 4 heteroatoms. The zero-order valence-electron chi connectivity index (χ0n) is 14.7. The number of hydrogen-bond donors (Lipinski definition) is 0. The highest BCUT2D eigenvalue weighted by molar-refractivity contribution is 5.91. The van der Waals surface area contributed by atoms with E-state index < -0.39 is 0 Å². The van der Waals surface area contributed by atoms with Crippen LogP contribution in [0.2, 0.25) is 0 Å². The molecule has 1 heterocycles. The average molecular weight is 329 g/mol. The Labute approximate surface area is 144 Å². The Bertz CT molecular complexity index is 608. The van der Waals surface area contributed by atoms with E-state index in [1.807, 2.05) is 19.2 Å². The van der Waals surface area contributed by atoms with Crippen LogP contribution in [0.5, 0.6) is 5.75 Å². The number of amides is 1. The number of fused-ring (bicyclic) bond motifs is 1. The molecule has 2 aliphatic carbocycles. The number of methoxy groups -OCH3 is 2. The predicted molar refractivity (Wildman–Crippen MR) is 92.1 cm³/mol. The van der Waals surface area contributed by atoms with Crippen molar-refractivity contribution in [3.63, 3.8) is 0 Å². The molecule has 24 heavy (non-hydrogen) atoms. The molecule has 130 valence electrons. The van der Waals surface area contributed by atoms with Crippen molar-refractivity contribution in [3.8, 4) is 5.75 Å². The van der Waals surface area contributed by atoms with Crippen LogP contribution in [0.25, 0.3) is 0 Å². The fraction of sp³-hybridized carbons (Fsp3) is 0.650. The van der Waals surface area contributed by atoms with E-state index in [2.05, 4.69) is 17.0 Å². The van der Waals surface area contributed by atoms with Crippen LogP contribution in [0.4, 0.5) is 0 Å². The van der Waals surface area contributed by atoms with Crippen LogP contribution in [0.3, 0.4) is 0 Å². The van der Waals surface area contributed by atoms with Gasteiger partial charge in [-0.2, -0.15) is 0 Å². The topological polar surface area (TPSA) is 38.8 Å². The van der Waals surface area contributed by atoms with Crippen molar-refractivity contribution in [1.82, 2.24) is 4.90 Å². The smallest absolute Gasteiger partial charge is 0.233 e. The summed E-state index contributed by atoms with van der Waals surface area (Å²) < 4.78 is 10.9. The van der Waals surface area contributed by atoms with Crippen molar-refractivity contribution < 1.29 is 14.3 Å². The number of benzene rings is 1. The summed E-state index contributed by atoms with van der Waals surface area (Å²) in [6.07, 6.45) is 5.88. The summed E-state index contributed by atoms with van der Waals surface area (Å²) >= 11 is 0. The van der Waals surface area contributed by atoms with Gasteiger partial charge in [-0.15, -0.1) is 0 Å². The molecule has 1 aromatic carbocycles. The van der Waals surface area contributed by atoms with Crippen LogP contribution < -0.4 is 4.74 Å². The third-order valence-corrected chi connectivity index (χ3v) is 6.42. The van der Waals surface area contributed by atoms with E-state index in [4.69, 9.17) is 9.47 Å². The second-order valence-corrected chi connectivity index (χ2v) is 7.65. The first-order valence-corrected chi connectivity index (χ1v) is 9.14. The SMILES string of the molecule is COc1ccc(C2(C(=O)N3C[C@H]4CCC[C@@H](OC)[C@H]4C3)CC2)cc1. The number of hydrogen-bond acceptors (Lipinski definition) is 3. The lowest BCUT2D eigenvalue weighted by Crippen LogP contribution is -2.38. The van der Waals surface area contributed by atoms with Gasteiger partial charge >= 0.3 is 0 Å². The van der Waals surface area contributed by atoms with Crippen molar-refractivity contribution in [2.45, 2.75) is 43.6 Å². The number of carbonyl (C=O) groups excluding carboxylic acids is 1. The summed E-state index contributed by atoms with van der Waals surface area (Å²) in [5.41, 5.74) is 0.869. The molecule has 3 fully saturated rings. The van der Waals surface area contributed by atoms with Gasteiger partial charge in [0.15, 0.2) is 0 Å². The Kier molecular flexibility index (Phi) is 4.03. The highest BCUT2D eigenvalue weighted by Gasteiger charge is 2.55. The normalized spacial score (nSPS) is 30.8. The molecule has 0 bridgehead atoms. The second kappa shape index (κ2) is 6.07. The van der Waals surface area contributed by atoms with Crippen molar-refractivity contribution in [1.29, 1.82) is 0 Å². The molecule has 1 aromatic rings. The summed E-state index contributed by atoms with van der Waals surface area (Å²) in [6.45, 7) is 1.79. The number of likely N-dealkylation sites (tertiary alicyclic amines) is 1. The maximum atomic E-state index is 13.3. The summed E-state index contributed by atoms with van der Waals surface area (Å²) in [4.78, 5) is 15.4. The molecule has 0 N–H and O–H groups in total. The molecule has 3 atom stereocenters. The Morgan fingerprint density at radius 2 is 1.88 bits per heavy atom. The third kappa shape index (κ3) is 2.52. The summed E-state index contributed by atoms with van der Waals surface area (Å²) in [6, 6.07) is 8.05. The van der Waals surface area contributed by atoms with Gasteiger partial charge in [-0.25, -0.2) is 0 Å². The second-order valence-electron chi connectivity index (χ2n) is 7.65. The lowest BCUT2D eigenvalue weighted by Gasteiger charge is -2.31. The van der Waals surface area contributed by atoms with Gasteiger partial charge in [0.05, 0.1) is 18.6 Å². The first kappa shape index (κ1) is 15.9. The Balaban J connectivity index is 1.51. The molecule has 4 rings (SSSR count). The van der Waals surface area contributed by atoms with Gasteiger partial charge in [0.25, 0.3) is 0 Å². The van der Waals surface area contributed by atoms with Gasteiger partial charge in [0, 0.05) is 26.1 Å². The third-order valence-electron chi connectivity index (χ3n) is 6.42. The van der Waals surface area contributed by atoms with Crippen LogP contribution in [-0.4, -0.2) is 44.2 Å². The molecular formula is C20H27NO3. The molecule has 0 aromatic heterocycles. The highest BCUT2D eigenvalue weighted by atomic mass is 16.5. The van der Waals surface area contributed by atoms with E-state index >= 15 is 0 Å². The minimum Gasteiger partial charge on any atom is -0.497 e. The fourth-order valence-corrected chi connectivity index (χ4v) is 4.84. The van der Waals surface area contributed by atoms with E-state index in [9.17, 15) is 4.79 Å². The maximum Gasteiger partial charge on any atom is 0.233 e. The standard InChI is InChI=1S/C20H27NO3/c1-23-16-8-6-15(7-9-16)20(10-11-20)19(22)21-12-14-4-3-5-18(24-2)17(14)13-21/h6-9,14,17-18H,3-5,10-13H2,1-2H3/t14-,17+,18-/m1/s1. The van der Waals surface area contributed by atoms with Gasteiger partial charge in [-0.1, -0.05) is 18.6 Å². The minimum atomic E-state index is -0.275. The quantitative estimate of drug-likeness (QED) is 0.852. The van der Waals surface area contributed by atoms with E-state index in [0.717, 1.165) is 43.7 Å². The van der Waals surface area contributed by atoms with Crippen molar-refractivity contribution in [2.75, 3.05) is 27.3 Å². The largest absolute Gasteiger partial charge is 0.497 e. The van der Waals surface area contributed by atoms with Crippen LogP contribution in [-0.2, 0) is 14.9 Å². The Morgan fingerprint density at radius 1 is 1.12 bits per heavy atom. The number of carbonyl (C=O) groups is 1. The highest BCUT2D eigenvalue weighted by Crippen LogP contribution is 2.51. The monoisotopic (exact) mass is 329 g/mol. The minimum absolute atomic E-state index is 0.275. The molecule has 0 unspecified atom stereocenters. The van der Waals surface area contributed by atoms with Crippen LogP contribution >= 0.6 is 0 Å². The van der Waals surface area contributed by atoms with Crippen LogP contribution in [0.15, 0.2) is 24.3 Å².